The standard InChI is InChI=1S/C18H22N2O/c1-13-7-8-14(11-19-13)16-5-4-6-17-15(12-20(2)3)9-10-21-18(16)17/h4-8,11,15H,9-10,12H2,1-3H3/t15-/m0/s1. The van der Waals surface area contributed by atoms with Crippen molar-refractivity contribution >= 4 is 0 Å². The lowest BCUT2D eigenvalue weighted by Crippen LogP contribution is -2.25. The summed E-state index contributed by atoms with van der Waals surface area (Å²) in [5, 5.41) is 0. The van der Waals surface area contributed by atoms with Crippen molar-refractivity contribution in [3.05, 3.63) is 47.8 Å². The van der Waals surface area contributed by atoms with Crippen LogP contribution in [-0.4, -0.2) is 37.1 Å². The van der Waals surface area contributed by atoms with Crippen LogP contribution in [0.4, 0.5) is 0 Å². The molecule has 3 rings (SSSR count). The summed E-state index contributed by atoms with van der Waals surface area (Å²) in [6, 6.07) is 10.6. The van der Waals surface area contributed by atoms with Crippen molar-refractivity contribution in [3.63, 3.8) is 0 Å². The molecule has 0 saturated carbocycles. The van der Waals surface area contributed by atoms with Crippen molar-refractivity contribution < 1.29 is 4.74 Å². The van der Waals surface area contributed by atoms with Crippen LogP contribution < -0.4 is 4.74 Å². The molecule has 0 radical (unpaired) electrons. The largest absolute Gasteiger partial charge is 0.493 e. The summed E-state index contributed by atoms with van der Waals surface area (Å²) in [4.78, 5) is 6.66. The Labute approximate surface area is 126 Å². The topological polar surface area (TPSA) is 25.4 Å². The summed E-state index contributed by atoms with van der Waals surface area (Å²) in [6.45, 7) is 3.86. The number of benzene rings is 1. The first-order chi connectivity index (χ1) is 10.1. The van der Waals surface area contributed by atoms with E-state index in [4.69, 9.17) is 4.74 Å². The molecule has 1 aromatic heterocycles. The van der Waals surface area contributed by atoms with Crippen molar-refractivity contribution in [1.29, 1.82) is 0 Å². The zero-order valence-electron chi connectivity index (χ0n) is 13.0. The van der Waals surface area contributed by atoms with Gasteiger partial charge in [0.05, 0.1) is 6.61 Å². The molecule has 0 saturated heterocycles. The Morgan fingerprint density at radius 3 is 2.81 bits per heavy atom. The van der Waals surface area contributed by atoms with Gasteiger partial charge in [0, 0.05) is 35.5 Å². The number of nitrogens with zero attached hydrogens (tertiary/aromatic N) is 2. The van der Waals surface area contributed by atoms with Crippen molar-refractivity contribution in [3.8, 4) is 16.9 Å². The van der Waals surface area contributed by atoms with Crippen molar-refractivity contribution in [2.24, 2.45) is 0 Å². The van der Waals surface area contributed by atoms with Gasteiger partial charge in [-0.15, -0.1) is 0 Å². The minimum atomic E-state index is 0.544. The van der Waals surface area contributed by atoms with Crippen LogP contribution in [0.2, 0.25) is 0 Å². The molecule has 0 spiro atoms. The predicted molar refractivity (Wildman–Crippen MR) is 85.8 cm³/mol. The number of rotatable bonds is 3. The van der Waals surface area contributed by atoms with Gasteiger partial charge >= 0.3 is 0 Å². The van der Waals surface area contributed by atoms with Crippen LogP contribution >= 0.6 is 0 Å². The van der Waals surface area contributed by atoms with Gasteiger partial charge in [0.2, 0.25) is 0 Å². The first kappa shape index (κ1) is 14.1. The second-order valence-electron chi connectivity index (χ2n) is 6.01. The highest BCUT2D eigenvalue weighted by Crippen LogP contribution is 2.40. The lowest BCUT2D eigenvalue weighted by atomic mass is 9.89. The van der Waals surface area contributed by atoms with E-state index in [0.29, 0.717) is 5.92 Å². The summed E-state index contributed by atoms with van der Waals surface area (Å²) < 4.78 is 6.00. The molecule has 1 aliphatic rings. The molecule has 1 atom stereocenters. The monoisotopic (exact) mass is 282 g/mol. The van der Waals surface area contributed by atoms with Crippen LogP contribution in [-0.2, 0) is 0 Å². The van der Waals surface area contributed by atoms with E-state index in [2.05, 4.69) is 54.3 Å². The molecule has 3 nitrogen and oxygen atoms in total. The smallest absolute Gasteiger partial charge is 0.130 e. The molecule has 1 aliphatic heterocycles. The van der Waals surface area contributed by atoms with E-state index in [9.17, 15) is 0 Å². The molecule has 0 aliphatic carbocycles. The third-order valence-corrected chi connectivity index (χ3v) is 4.01. The Morgan fingerprint density at radius 2 is 2.10 bits per heavy atom. The number of hydrogen-bond donors (Lipinski definition) is 0. The number of fused-ring (bicyclic) bond motifs is 1. The third kappa shape index (κ3) is 2.93. The summed E-state index contributed by atoms with van der Waals surface area (Å²) in [6.07, 6.45) is 3.02. The summed E-state index contributed by atoms with van der Waals surface area (Å²) in [7, 11) is 4.26. The van der Waals surface area contributed by atoms with Gasteiger partial charge in [0.25, 0.3) is 0 Å². The molecule has 0 fully saturated rings. The Morgan fingerprint density at radius 1 is 1.24 bits per heavy atom. The predicted octanol–water partition coefficient (Wildman–Crippen LogP) is 3.48. The van der Waals surface area contributed by atoms with E-state index in [1.165, 1.54) is 5.56 Å². The number of hydrogen-bond acceptors (Lipinski definition) is 3. The van der Waals surface area contributed by atoms with Crippen LogP contribution in [0.5, 0.6) is 5.75 Å². The zero-order chi connectivity index (χ0) is 14.8. The van der Waals surface area contributed by atoms with Gasteiger partial charge in [-0.3, -0.25) is 4.98 Å². The van der Waals surface area contributed by atoms with Gasteiger partial charge in [-0.1, -0.05) is 24.3 Å². The van der Waals surface area contributed by atoms with E-state index >= 15 is 0 Å². The molecule has 2 aromatic rings. The number of pyridine rings is 1. The second kappa shape index (κ2) is 5.86. The molecular formula is C18H22N2O. The van der Waals surface area contributed by atoms with Crippen LogP contribution in [0.3, 0.4) is 0 Å². The lowest BCUT2D eigenvalue weighted by Gasteiger charge is -2.29. The zero-order valence-corrected chi connectivity index (χ0v) is 13.0. The van der Waals surface area contributed by atoms with Crippen molar-refractivity contribution in [1.82, 2.24) is 9.88 Å². The van der Waals surface area contributed by atoms with Crippen LogP contribution in [0.15, 0.2) is 36.5 Å². The maximum Gasteiger partial charge on any atom is 0.130 e. The fraction of sp³-hybridized carbons (Fsp3) is 0.389. The maximum atomic E-state index is 6.00. The quantitative estimate of drug-likeness (QED) is 0.861. The van der Waals surface area contributed by atoms with Crippen LogP contribution in [0, 0.1) is 6.92 Å². The average molecular weight is 282 g/mol. The highest BCUT2D eigenvalue weighted by Gasteiger charge is 2.24. The molecule has 0 unspecified atom stereocenters. The summed E-state index contributed by atoms with van der Waals surface area (Å²) >= 11 is 0. The van der Waals surface area contributed by atoms with Crippen LogP contribution in [0.1, 0.15) is 23.6 Å². The van der Waals surface area contributed by atoms with Crippen molar-refractivity contribution in [2.75, 3.05) is 27.2 Å². The van der Waals surface area contributed by atoms with E-state index in [1.807, 2.05) is 13.1 Å². The number of ether oxygens (including phenoxy) is 1. The summed E-state index contributed by atoms with van der Waals surface area (Å²) in [5.74, 6) is 1.59. The number of para-hydroxylation sites is 1. The van der Waals surface area contributed by atoms with Gasteiger partial charge < -0.3 is 9.64 Å². The van der Waals surface area contributed by atoms with Crippen molar-refractivity contribution in [2.45, 2.75) is 19.3 Å². The average Bonchev–Trinajstić information content (AvgIpc) is 2.47. The fourth-order valence-corrected chi connectivity index (χ4v) is 2.98. The molecule has 3 heteroatoms. The van der Waals surface area contributed by atoms with Crippen LogP contribution in [0.25, 0.3) is 11.1 Å². The lowest BCUT2D eigenvalue weighted by molar-refractivity contribution is 0.245. The minimum absolute atomic E-state index is 0.544. The van der Waals surface area contributed by atoms with Gasteiger partial charge in [-0.25, -0.2) is 0 Å². The molecule has 21 heavy (non-hydrogen) atoms. The SMILES string of the molecule is Cc1ccc(-c2cccc3c2OCC[C@H]3CN(C)C)cn1. The molecule has 0 amide bonds. The van der Waals surface area contributed by atoms with E-state index in [-0.39, 0.29) is 0 Å². The number of aryl methyl sites for hydroxylation is 1. The normalized spacial score (nSPS) is 17.4. The second-order valence-corrected chi connectivity index (χ2v) is 6.01. The van der Waals surface area contributed by atoms with E-state index < -0.39 is 0 Å². The van der Waals surface area contributed by atoms with Gasteiger partial charge in [-0.2, -0.15) is 0 Å². The maximum absolute atomic E-state index is 6.00. The Hall–Kier alpha value is -1.87. The highest BCUT2D eigenvalue weighted by molar-refractivity contribution is 5.72. The van der Waals surface area contributed by atoms with Gasteiger partial charge in [0.15, 0.2) is 0 Å². The Kier molecular flexibility index (Phi) is 3.93. The molecule has 110 valence electrons. The highest BCUT2D eigenvalue weighted by atomic mass is 16.5. The first-order valence-electron chi connectivity index (χ1n) is 7.48. The Bertz CT molecular complexity index is 620. The minimum Gasteiger partial charge on any atom is -0.493 e. The fourth-order valence-electron chi connectivity index (χ4n) is 2.98. The molecule has 2 heterocycles. The van der Waals surface area contributed by atoms with E-state index in [1.54, 1.807) is 0 Å². The number of aromatic nitrogens is 1. The van der Waals surface area contributed by atoms with E-state index in [0.717, 1.165) is 42.1 Å². The molecular weight excluding hydrogens is 260 g/mol. The molecule has 0 bridgehead atoms. The third-order valence-electron chi connectivity index (χ3n) is 4.01. The Balaban J connectivity index is 2.02. The molecule has 1 aromatic carbocycles. The molecule has 0 N–H and O–H groups in total. The van der Waals surface area contributed by atoms with Gasteiger partial charge in [0.1, 0.15) is 5.75 Å². The first-order valence-corrected chi connectivity index (χ1v) is 7.48. The summed E-state index contributed by atoms with van der Waals surface area (Å²) in [5.41, 5.74) is 4.65. The van der Waals surface area contributed by atoms with Gasteiger partial charge in [-0.05, 0) is 39.1 Å². The number of likely N-dealkylation sites (N-methyl/N-ethyl adjacent to an activating group) is 1.